The first-order valence-corrected chi connectivity index (χ1v) is 7.09. The first-order chi connectivity index (χ1) is 8.10. The van der Waals surface area contributed by atoms with Gasteiger partial charge in [0.15, 0.2) is 0 Å². The van der Waals surface area contributed by atoms with Gasteiger partial charge >= 0.3 is 0 Å². The first kappa shape index (κ1) is 12.9. The molecule has 0 aromatic carbocycles. The van der Waals surface area contributed by atoms with E-state index >= 15 is 0 Å². The zero-order valence-corrected chi connectivity index (χ0v) is 11.2. The molecule has 2 N–H and O–H groups in total. The van der Waals surface area contributed by atoms with Gasteiger partial charge in [0.25, 0.3) is 0 Å². The maximum atomic E-state index is 12.1. The van der Waals surface area contributed by atoms with Crippen molar-refractivity contribution < 1.29 is 4.79 Å². The summed E-state index contributed by atoms with van der Waals surface area (Å²) in [5.74, 6) is 1.85. The SMILES string of the molecule is CC1CCC(CNC(=O)C2(C)CCNC2)CC1. The lowest BCUT2D eigenvalue weighted by atomic mass is 9.82. The van der Waals surface area contributed by atoms with Gasteiger partial charge in [-0.05, 0) is 44.6 Å². The Hall–Kier alpha value is -0.570. The summed E-state index contributed by atoms with van der Waals surface area (Å²) in [5, 5.41) is 6.45. The van der Waals surface area contributed by atoms with E-state index < -0.39 is 0 Å². The van der Waals surface area contributed by atoms with Crippen LogP contribution in [0.25, 0.3) is 0 Å². The molecule has 0 aromatic heterocycles. The zero-order valence-electron chi connectivity index (χ0n) is 11.2. The molecule has 0 aromatic rings. The average molecular weight is 238 g/mol. The molecule has 0 bridgehead atoms. The average Bonchev–Trinajstić information content (AvgIpc) is 2.76. The van der Waals surface area contributed by atoms with E-state index in [9.17, 15) is 4.79 Å². The lowest BCUT2D eigenvalue weighted by molar-refractivity contribution is -0.129. The molecule has 1 heterocycles. The van der Waals surface area contributed by atoms with Gasteiger partial charge in [0.05, 0.1) is 5.41 Å². The van der Waals surface area contributed by atoms with Crippen LogP contribution in [-0.4, -0.2) is 25.5 Å². The molecule has 17 heavy (non-hydrogen) atoms. The fourth-order valence-corrected chi connectivity index (χ4v) is 2.99. The Balaban J connectivity index is 1.72. The second kappa shape index (κ2) is 5.38. The lowest BCUT2D eigenvalue weighted by Gasteiger charge is -2.28. The molecule has 1 aliphatic carbocycles. The van der Waals surface area contributed by atoms with Gasteiger partial charge in [-0.15, -0.1) is 0 Å². The van der Waals surface area contributed by atoms with Crippen molar-refractivity contribution in [3.8, 4) is 0 Å². The fraction of sp³-hybridized carbons (Fsp3) is 0.929. The Morgan fingerprint density at radius 3 is 2.65 bits per heavy atom. The van der Waals surface area contributed by atoms with Crippen molar-refractivity contribution in [2.24, 2.45) is 17.3 Å². The van der Waals surface area contributed by atoms with Crippen LogP contribution in [-0.2, 0) is 4.79 Å². The summed E-state index contributed by atoms with van der Waals surface area (Å²) in [4.78, 5) is 12.1. The van der Waals surface area contributed by atoms with Gasteiger partial charge in [0.2, 0.25) is 5.91 Å². The molecule has 1 atom stereocenters. The number of rotatable bonds is 3. The standard InChI is InChI=1S/C14H26N2O/c1-11-3-5-12(6-4-11)9-16-13(17)14(2)7-8-15-10-14/h11-12,15H,3-10H2,1-2H3,(H,16,17). The number of carbonyl (C=O) groups excluding carboxylic acids is 1. The van der Waals surface area contributed by atoms with E-state index in [-0.39, 0.29) is 11.3 Å². The molecule has 0 spiro atoms. The lowest BCUT2D eigenvalue weighted by Crippen LogP contribution is -2.42. The molecule has 3 nitrogen and oxygen atoms in total. The Bertz CT molecular complexity index is 263. The van der Waals surface area contributed by atoms with Gasteiger partial charge in [0.1, 0.15) is 0 Å². The van der Waals surface area contributed by atoms with Crippen molar-refractivity contribution in [3.05, 3.63) is 0 Å². The van der Waals surface area contributed by atoms with Crippen LogP contribution in [0.15, 0.2) is 0 Å². The minimum atomic E-state index is -0.165. The summed E-state index contributed by atoms with van der Waals surface area (Å²) >= 11 is 0. The summed E-state index contributed by atoms with van der Waals surface area (Å²) in [5.41, 5.74) is -0.165. The second-order valence-electron chi connectivity index (χ2n) is 6.32. The quantitative estimate of drug-likeness (QED) is 0.789. The van der Waals surface area contributed by atoms with E-state index in [1.807, 2.05) is 0 Å². The molecule has 2 rings (SSSR count). The minimum absolute atomic E-state index is 0.165. The third kappa shape index (κ3) is 3.21. The van der Waals surface area contributed by atoms with Gasteiger partial charge in [-0.25, -0.2) is 0 Å². The van der Waals surface area contributed by atoms with E-state index in [1.54, 1.807) is 0 Å². The van der Waals surface area contributed by atoms with Crippen LogP contribution in [0.3, 0.4) is 0 Å². The van der Waals surface area contributed by atoms with E-state index in [2.05, 4.69) is 24.5 Å². The second-order valence-corrected chi connectivity index (χ2v) is 6.32. The molecule has 1 saturated heterocycles. The summed E-state index contributed by atoms with van der Waals surface area (Å²) in [6.45, 7) is 7.11. The van der Waals surface area contributed by atoms with Gasteiger partial charge < -0.3 is 10.6 Å². The largest absolute Gasteiger partial charge is 0.355 e. The van der Waals surface area contributed by atoms with Crippen molar-refractivity contribution >= 4 is 5.91 Å². The Morgan fingerprint density at radius 2 is 2.06 bits per heavy atom. The van der Waals surface area contributed by atoms with Crippen molar-refractivity contribution in [2.45, 2.75) is 46.0 Å². The van der Waals surface area contributed by atoms with Gasteiger partial charge in [-0.3, -0.25) is 4.79 Å². The molecule has 1 unspecified atom stereocenters. The number of hydrogen-bond donors (Lipinski definition) is 2. The normalized spacial score (nSPS) is 38.0. The first-order valence-electron chi connectivity index (χ1n) is 7.09. The molecule has 98 valence electrons. The maximum Gasteiger partial charge on any atom is 0.227 e. The van der Waals surface area contributed by atoms with Gasteiger partial charge in [-0.1, -0.05) is 19.8 Å². The van der Waals surface area contributed by atoms with E-state index in [0.29, 0.717) is 5.92 Å². The van der Waals surface area contributed by atoms with Crippen molar-refractivity contribution in [1.29, 1.82) is 0 Å². The maximum absolute atomic E-state index is 12.1. The molecule has 3 heteroatoms. The molecule has 1 aliphatic heterocycles. The highest BCUT2D eigenvalue weighted by molar-refractivity contribution is 5.82. The van der Waals surface area contributed by atoms with Gasteiger partial charge in [0, 0.05) is 13.1 Å². The van der Waals surface area contributed by atoms with Crippen LogP contribution >= 0.6 is 0 Å². The van der Waals surface area contributed by atoms with Crippen LogP contribution < -0.4 is 10.6 Å². The van der Waals surface area contributed by atoms with Crippen LogP contribution in [0, 0.1) is 17.3 Å². The fourth-order valence-electron chi connectivity index (χ4n) is 2.99. The van der Waals surface area contributed by atoms with E-state index in [1.165, 1.54) is 25.7 Å². The van der Waals surface area contributed by atoms with Gasteiger partial charge in [-0.2, -0.15) is 0 Å². The Morgan fingerprint density at radius 1 is 1.35 bits per heavy atom. The molecule has 2 aliphatic rings. The molecular formula is C14H26N2O. The smallest absolute Gasteiger partial charge is 0.227 e. The number of amides is 1. The van der Waals surface area contributed by atoms with Crippen LogP contribution in [0.4, 0.5) is 0 Å². The summed E-state index contributed by atoms with van der Waals surface area (Å²) < 4.78 is 0. The third-order valence-electron chi connectivity index (χ3n) is 4.60. The zero-order chi connectivity index (χ0) is 12.3. The van der Waals surface area contributed by atoms with Crippen molar-refractivity contribution in [1.82, 2.24) is 10.6 Å². The Labute approximate surface area is 105 Å². The topological polar surface area (TPSA) is 41.1 Å². The summed E-state index contributed by atoms with van der Waals surface area (Å²) in [6, 6.07) is 0. The molecule has 2 fully saturated rings. The predicted molar refractivity (Wildman–Crippen MR) is 69.7 cm³/mol. The summed E-state index contributed by atoms with van der Waals surface area (Å²) in [7, 11) is 0. The number of hydrogen-bond acceptors (Lipinski definition) is 2. The van der Waals surface area contributed by atoms with Crippen LogP contribution in [0.5, 0.6) is 0 Å². The summed E-state index contributed by atoms with van der Waals surface area (Å²) in [6.07, 6.45) is 6.21. The predicted octanol–water partition coefficient (Wildman–Crippen LogP) is 1.93. The minimum Gasteiger partial charge on any atom is -0.355 e. The third-order valence-corrected chi connectivity index (χ3v) is 4.60. The highest BCUT2D eigenvalue weighted by atomic mass is 16.2. The highest BCUT2D eigenvalue weighted by Gasteiger charge is 2.36. The van der Waals surface area contributed by atoms with Crippen LogP contribution in [0.1, 0.15) is 46.0 Å². The van der Waals surface area contributed by atoms with Crippen molar-refractivity contribution in [2.75, 3.05) is 19.6 Å². The molecule has 0 radical (unpaired) electrons. The van der Waals surface area contributed by atoms with Crippen molar-refractivity contribution in [3.63, 3.8) is 0 Å². The monoisotopic (exact) mass is 238 g/mol. The number of carbonyl (C=O) groups is 1. The van der Waals surface area contributed by atoms with Crippen LogP contribution in [0.2, 0.25) is 0 Å². The van der Waals surface area contributed by atoms with E-state index in [4.69, 9.17) is 0 Å². The van der Waals surface area contributed by atoms with E-state index in [0.717, 1.165) is 32.0 Å². The molecule has 1 saturated carbocycles. The Kier molecular flexibility index (Phi) is 4.08. The molecule has 1 amide bonds. The molecular weight excluding hydrogens is 212 g/mol. The highest BCUT2D eigenvalue weighted by Crippen LogP contribution is 2.28. The number of nitrogens with one attached hydrogen (secondary N) is 2.